The Morgan fingerprint density at radius 1 is 1.05 bits per heavy atom. The number of hydrogen-bond acceptors (Lipinski definition) is 2. The van der Waals surface area contributed by atoms with Crippen molar-refractivity contribution in [2.24, 2.45) is 5.92 Å². The van der Waals surface area contributed by atoms with Gasteiger partial charge >= 0.3 is 6.03 Å². The first-order chi connectivity index (χ1) is 10.5. The van der Waals surface area contributed by atoms with E-state index in [0.717, 1.165) is 30.8 Å². The second-order valence-electron chi connectivity index (χ2n) is 5.58. The molecule has 0 atom stereocenters. The van der Waals surface area contributed by atoms with Crippen LogP contribution in [0.1, 0.15) is 40.5 Å². The summed E-state index contributed by atoms with van der Waals surface area (Å²) in [5.41, 5.74) is 1.46. The van der Waals surface area contributed by atoms with E-state index < -0.39 is 0 Å². The van der Waals surface area contributed by atoms with Crippen LogP contribution in [0.4, 0.5) is 16.2 Å². The smallest absolute Gasteiger partial charge is 0.321 e. The highest BCUT2D eigenvalue weighted by atomic mass is 16.2. The standard InChI is InChI=1S/C17H27N3O2/c1-5-7-12-20(6-2)17(22)19-15-10-8-14(9-11-15)18-16(21)13(3)4/h8-11,13H,5-7,12H2,1-4H3,(H,18,21)(H,19,22). The molecule has 0 spiro atoms. The van der Waals surface area contributed by atoms with E-state index in [9.17, 15) is 9.59 Å². The fourth-order valence-electron chi connectivity index (χ4n) is 1.88. The van der Waals surface area contributed by atoms with E-state index in [0.29, 0.717) is 6.54 Å². The van der Waals surface area contributed by atoms with Gasteiger partial charge in [-0.25, -0.2) is 4.79 Å². The van der Waals surface area contributed by atoms with Gasteiger partial charge in [0.15, 0.2) is 0 Å². The van der Waals surface area contributed by atoms with Gasteiger partial charge in [0, 0.05) is 30.4 Å². The number of benzene rings is 1. The number of anilines is 2. The van der Waals surface area contributed by atoms with Crippen molar-refractivity contribution in [2.75, 3.05) is 23.7 Å². The van der Waals surface area contributed by atoms with Gasteiger partial charge in [-0.1, -0.05) is 27.2 Å². The first-order valence-corrected chi connectivity index (χ1v) is 7.94. The van der Waals surface area contributed by atoms with Crippen molar-refractivity contribution >= 4 is 23.3 Å². The number of urea groups is 1. The van der Waals surface area contributed by atoms with Crippen LogP contribution >= 0.6 is 0 Å². The molecule has 2 N–H and O–H groups in total. The van der Waals surface area contributed by atoms with Gasteiger partial charge in [0.25, 0.3) is 0 Å². The molecule has 0 unspecified atom stereocenters. The zero-order chi connectivity index (χ0) is 16.5. The van der Waals surface area contributed by atoms with Crippen LogP contribution in [0, 0.1) is 5.92 Å². The molecule has 1 aromatic carbocycles. The van der Waals surface area contributed by atoms with Crippen LogP contribution in [0.15, 0.2) is 24.3 Å². The number of rotatable bonds is 7. The van der Waals surface area contributed by atoms with E-state index in [2.05, 4.69) is 17.6 Å². The maximum Gasteiger partial charge on any atom is 0.321 e. The van der Waals surface area contributed by atoms with Crippen LogP contribution in [0.3, 0.4) is 0 Å². The van der Waals surface area contributed by atoms with E-state index >= 15 is 0 Å². The lowest BCUT2D eigenvalue weighted by Gasteiger charge is -2.21. The molecule has 5 heteroatoms. The minimum absolute atomic E-state index is 0.0199. The van der Waals surface area contributed by atoms with Crippen LogP contribution in [0.5, 0.6) is 0 Å². The molecule has 22 heavy (non-hydrogen) atoms. The summed E-state index contributed by atoms with van der Waals surface area (Å²) in [4.78, 5) is 25.6. The highest BCUT2D eigenvalue weighted by Gasteiger charge is 2.11. The lowest BCUT2D eigenvalue weighted by molar-refractivity contribution is -0.118. The largest absolute Gasteiger partial charge is 0.326 e. The molecule has 3 amide bonds. The van der Waals surface area contributed by atoms with Gasteiger partial charge < -0.3 is 15.5 Å². The van der Waals surface area contributed by atoms with Crippen LogP contribution in [0.2, 0.25) is 0 Å². The van der Waals surface area contributed by atoms with E-state index in [1.807, 2.05) is 20.8 Å². The third-order valence-electron chi connectivity index (χ3n) is 3.38. The number of hydrogen-bond donors (Lipinski definition) is 2. The molecule has 0 aliphatic rings. The van der Waals surface area contributed by atoms with Crippen molar-refractivity contribution in [1.82, 2.24) is 4.90 Å². The Labute approximate surface area is 133 Å². The zero-order valence-electron chi connectivity index (χ0n) is 14.0. The first kappa shape index (κ1) is 18.0. The minimum atomic E-state index is -0.0880. The predicted molar refractivity (Wildman–Crippen MR) is 91.1 cm³/mol. The molecule has 0 aliphatic heterocycles. The SMILES string of the molecule is CCCCN(CC)C(=O)Nc1ccc(NC(=O)C(C)C)cc1. The topological polar surface area (TPSA) is 61.4 Å². The highest BCUT2D eigenvalue weighted by Crippen LogP contribution is 2.15. The van der Waals surface area contributed by atoms with Crippen molar-refractivity contribution in [3.63, 3.8) is 0 Å². The maximum atomic E-state index is 12.1. The monoisotopic (exact) mass is 305 g/mol. The van der Waals surface area contributed by atoms with Crippen LogP contribution < -0.4 is 10.6 Å². The third kappa shape index (κ3) is 5.76. The molecule has 0 bridgehead atoms. The predicted octanol–water partition coefficient (Wildman–Crippen LogP) is 3.94. The summed E-state index contributed by atoms with van der Waals surface area (Å²) in [6, 6.07) is 7.08. The molecule has 1 rings (SSSR count). The Bertz CT molecular complexity index is 483. The van der Waals surface area contributed by atoms with Gasteiger partial charge in [-0.2, -0.15) is 0 Å². The number of amides is 3. The van der Waals surface area contributed by atoms with Gasteiger partial charge in [0.1, 0.15) is 0 Å². The van der Waals surface area contributed by atoms with Crippen LogP contribution in [0.25, 0.3) is 0 Å². The number of carbonyl (C=O) groups is 2. The second-order valence-corrected chi connectivity index (χ2v) is 5.58. The van der Waals surface area contributed by atoms with Crippen LogP contribution in [-0.2, 0) is 4.79 Å². The molecule has 0 aliphatic carbocycles. The van der Waals surface area contributed by atoms with E-state index in [4.69, 9.17) is 0 Å². The first-order valence-electron chi connectivity index (χ1n) is 7.94. The van der Waals surface area contributed by atoms with Crippen LogP contribution in [-0.4, -0.2) is 29.9 Å². The number of nitrogens with zero attached hydrogens (tertiary/aromatic N) is 1. The molecule has 0 fully saturated rings. The summed E-state index contributed by atoms with van der Waals surface area (Å²) in [6.07, 6.45) is 2.06. The summed E-state index contributed by atoms with van der Waals surface area (Å²) < 4.78 is 0. The zero-order valence-corrected chi connectivity index (χ0v) is 14.0. The van der Waals surface area contributed by atoms with Gasteiger partial charge in [0.2, 0.25) is 5.91 Å². The van der Waals surface area contributed by atoms with Gasteiger partial charge in [0.05, 0.1) is 0 Å². The lowest BCUT2D eigenvalue weighted by atomic mass is 10.2. The maximum absolute atomic E-state index is 12.1. The molecule has 0 saturated carbocycles. The summed E-state index contributed by atoms with van der Waals surface area (Å²) >= 11 is 0. The summed E-state index contributed by atoms with van der Waals surface area (Å²) in [7, 11) is 0. The molecule has 5 nitrogen and oxygen atoms in total. The normalized spacial score (nSPS) is 10.4. The minimum Gasteiger partial charge on any atom is -0.326 e. The fraction of sp³-hybridized carbons (Fsp3) is 0.529. The number of nitrogens with one attached hydrogen (secondary N) is 2. The molecule has 0 aromatic heterocycles. The molecule has 0 heterocycles. The Hall–Kier alpha value is -2.04. The summed E-state index contributed by atoms with van der Waals surface area (Å²) in [6.45, 7) is 9.23. The number of carbonyl (C=O) groups excluding carboxylic acids is 2. The fourth-order valence-corrected chi connectivity index (χ4v) is 1.88. The second kappa shape index (κ2) is 9.07. The Balaban J connectivity index is 2.59. The molecule has 1 aromatic rings. The highest BCUT2D eigenvalue weighted by molar-refractivity contribution is 5.93. The van der Waals surface area contributed by atoms with Crippen molar-refractivity contribution in [3.8, 4) is 0 Å². The molecule has 0 radical (unpaired) electrons. The van der Waals surface area contributed by atoms with E-state index in [1.165, 1.54) is 0 Å². The van der Waals surface area contributed by atoms with Crippen molar-refractivity contribution < 1.29 is 9.59 Å². The third-order valence-corrected chi connectivity index (χ3v) is 3.38. The van der Waals surface area contributed by atoms with Crippen molar-refractivity contribution in [3.05, 3.63) is 24.3 Å². The molecule has 122 valence electrons. The van der Waals surface area contributed by atoms with Crippen molar-refractivity contribution in [1.29, 1.82) is 0 Å². The Kier molecular flexibility index (Phi) is 7.43. The average molecular weight is 305 g/mol. The van der Waals surface area contributed by atoms with E-state index in [-0.39, 0.29) is 17.9 Å². The summed E-state index contributed by atoms with van der Waals surface area (Å²) in [5.74, 6) is -0.0791. The van der Waals surface area contributed by atoms with Gasteiger partial charge in [-0.05, 0) is 37.6 Å². The Morgan fingerprint density at radius 3 is 2.05 bits per heavy atom. The van der Waals surface area contributed by atoms with Gasteiger partial charge in [-0.15, -0.1) is 0 Å². The Morgan fingerprint density at radius 2 is 1.59 bits per heavy atom. The molecular weight excluding hydrogens is 278 g/mol. The lowest BCUT2D eigenvalue weighted by Crippen LogP contribution is -2.35. The molecular formula is C17H27N3O2. The average Bonchev–Trinajstić information content (AvgIpc) is 2.49. The quantitative estimate of drug-likeness (QED) is 0.801. The van der Waals surface area contributed by atoms with Crippen molar-refractivity contribution in [2.45, 2.75) is 40.5 Å². The van der Waals surface area contributed by atoms with Gasteiger partial charge in [-0.3, -0.25) is 4.79 Å². The summed E-state index contributed by atoms with van der Waals surface area (Å²) in [5, 5.41) is 5.70. The van der Waals surface area contributed by atoms with E-state index in [1.54, 1.807) is 29.2 Å². The number of unbranched alkanes of at least 4 members (excludes halogenated alkanes) is 1. The molecule has 0 saturated heterocycles.